The normalized spacial score (nSPS) is 22.1. The molecule has 20 heavy (non-hydrogen) atoms. The molecule has 6 heteroatoms. The minimum absolute atomic E-state index is 0.0943. The van der Waals surface area contributed by atoms with Crippen molar-refractivity contribution in [1.82, 2.24) is 0 Å². The number of nitrogens with zero attached hydrogens (tertiary/aromatic N) is 4. The second-order valence-corrected chi connectivity index (χ2v) is 5.81. The maximum absolute atomic E-state index is 11.2. The standard InChI is InChI=1S/C14H16N4O2/c19-18(20)11-5-4-10(17-8-9-17)12-13(11)16-14(15-12)6-2-1-3-7-14/h4-5H,1-3,6-9H2. The number of nitro benzene ring substituents is 1. The highest BCUT2D eigenvalue weighted by molar-refractivity contribution is 5.54. The van der Waals surface area contributed by atoms with E-state index in [4.69, 9.17) is 9.98 Å². The van der Waals surface area contributed by atoms with Crippen molar-refractivity contribution in [3.8, 4) is 0 Å². The molecule has 0 amide bonds. The van der Waals surface area contributed by atoms with Crippen LogP contribution in [0.15, 0.2) is 22.1 Å². The molecule has 6 nitrogen and oxygen atoms in total. The Morgan fingerprint density at radius 2 is 1.80 bits per heavy atom. The lowest BCUT2D eigenvalue weighted by atomic mass is 9.90. The van der Waals surface area contributed by atoms with Gasteiger partial charge in [-0.25, -0.2) is 4.99 Å². The smallest absolute Gasteiger partial charge is 0.296 e. The first-order chi connectivity index (χ1) is 9.69. The van der Waals surface area contributed by atoms with Gasteiger partial charge in [-0.3, -0.25) is 15.1 Å². The van der Waals surface area contributed by atoms with Crippen molar-refractivity contribution in [2.45, 2.75) is 37.8 Å². The molecule has 0 unspecified atom stereocenters. The number of rotatable bonds is 2. The highest BCUT2D eigenvalue weighted by atomic mass is 16.6. The predicted octanol–water partition coefficient (Wildman–Crippen LogP) is 1.33. The van der Waals surface area contributed by atoms with Gasteiger partial charge in [0, 0.05) is 19.2 Å². The molecule has 1 aromatic rings. The Labute approximate surface area is 116 Å². The topological polar surface area (TPSA) is 70.9 Å². The van der Waals surface area contributed by atoms with Gasteiger partial charge in [0.1, 0.15) is 5.36 Å². The van der Waals surface area contributed by atoms with Crippen LogP contribution < -0.4 is 15.6 Å². The molecule has 0 aromatic heterocycles. The summed E-state index contributed by atoms with van der Waals surface area (Å²) < 4.78 is 0. The number of anilines is 1. The minimum Gasteiger partial charge on any atom is -0.366 e. The average molecular weight is 272 g/mol. The Hall–Kier alpha value is -1.98. The van der Waals surface area contributed by atoms with Crippen LogP contribution in [-0.2, 0) is 0 Å². The number of nitro groups is 1. The molecule has 2 heterocycles. The fourth-order valence-electron chi connectivity index (χ4n) is 3.26. The van der Waals surface area contributed by atoms with Crippen LogP contribution in [0.4, 0.5) is 11.4 Å². The van der Waals surface area contributed by atoms with Gasteiger partial charge in [0.25, 0.3) is 5.69 Å². The van der Waals surface area contributed by atoms with Gasteiger partial charge in [0.05, 0.1) is 10.6 Å². The molecule has 0 radical (unpaired) electrons. The highest BCUT2D eigenvalue weighted by Crippen LogP contribution is 2.34. The van der Waals surface area contributed by atoms with Crippen LogP contribution in [0.25, 0.3) is 0 Å². The molecule has 1 aromatic carbocycles. The van der Waals surface area contributed by atoms with E-state index in [1.165, 1.54) is 6.42 Å². The summed E-state index contributed by atoms with van der Waals surface area (Å²) in [5.74, 6) is 0. The average Bonchev–Trinajstić information content (AvgIpc) is 3.20. The molecule has 0 N–H and O–H groups in total. The van der Waals surface area contributed by atoms with E-state index in [1.807, 2.05) is 6.07 Å². The van der Waals surface area contributed by atoms with E-state index in [2.05, 4.69) is 4.90 Å². The fourth-order valence-corrected chi connectivity index (χ4v) is 3.26. The van der Waals surface area contributed by atoms with E-state index < -0.39 is 5.66 Å². The van der Waals surface area contributed by atoms with Crippen molar-refractivity contribution in [1.29, 1.82) is 0 Å². The molecule has 4 rings (SSSR count). The van der Waals surface area contributed by atoms with Crippen LogP contribution in [0.5, 0.6) is 0 Å². The molecule has 0 atom stereocenters. The summed E-state index contributed by atoms with van der Waals surface area (Å²) in [6, 6.07) is 3.40. The fraction of sp³-hybridized carbons (Fsp3) is 0.571. The lowest BCUT2D eigenvalue weighted by Crippen LogP contribution is -2.28. The first kappa shape index (κ1) is 11.8. The summed E-state index contributed by atoms with van der Waals surface area (Å²) in [5.41, 5.74) is 0.686. The zero-order chi connectivity index (χ0) is 13.7. The monoisotopic (exact) mass is 272 g/mol. The van der Waals surface area contributed by atoms with Gasteiger partial charge in [0.2, 0.25) is 0 Å². The largest absolute Gasteiger partial charge is 0.366 e. The van der Waals surface area contributed by atoms with Gasteiger partial charge in [0.15, 0.2) is 11.0 Å². The zero-order valence-electron chi connectivity index (χ0n) is 11.2. The van der Waals surface area contributed by atoms with Crippen LogP contribution in [0.2, 0.25) is 0 Å². The third-order valence-corrected chi connectivity index (χ3v) is 4.39. The second kappa shape index (κ2) is 4.01. The maximum Gasteiger partial charge on any atom is 0.296 e. The molecule has 2 fully saturated rings. The van der Waals surface area contributed by atoms with Gasteiger partial charge in [-0.1, -0.05) is 6.42 Å². The van der Waals surface area contributed by atoms with Gasteiger partial charge in [-0.15, -0.1) is 0 Å². The van der Waals surface area contributed by atoms with E-state index in [9.17, 15) is 10.1 Å². The van der Waals surface area contributed by atoms with Crippen molar-refractivity contribution >= 4 is 11.4 Å². The van der Waals surface area contributed by atoms with Crippen LogP contribution >= 0.6 is 0 Å². The van der Waals surface area contributed by atoms with Crippen molar-refractivity contribution in [2.24, 2.45) is 9.98 Å². The van der Waals surface area contributed by atoms with Crippen molar-refractivity contribution in [3.63, 3.8) is 0 Å². The molecule has 2 aliphatic heterocycles. The van der Waals surface area contributed by atoms with E-state index in [0.717, 1.165) is 49.8 Å². The van der Waals surface area contributed by atoms with Gasteiger partial charge in [-0.05, 0) is 31.7 Å². The Bertz CT molecular complexity index is 703. The van der Waals surface area contributed by atoms with Crippen LogP contribution in [-0.4, -0.2) is 23.7 Å². The van der Waals surface area contributed by atoms with Crippen molar-refractivity contribution < 1.29 is 4.92 Å². The first-order valence-corrected chi connectivity index (χ1v) is 7.21. The van der Waals surface area contributed by atoms with Crippen molar-refractivity contribution in [3.05, 3.63) is 33.0 Å². The Balaban J connectivity index is 1.95. The minimum atomic E-state index is -0.419. The Morgan fingerprint density at radius 3 is 2.45 bits per heavy atom. The lowest BCUT2D eigenvalue weighted by Gasteiger charge is -2.27. The lowest BCUT2D eigenvalue weighted by molar-refractivity contribution is -0.386. The molecule has 1 saturated carbocycles. The molecule has 1 aliphatic carbocycles. The number of hydrogen-bond acceptors (Lipinski definition) is 5. The summed E-state index contributed by atoms with van der Waals surface area (Å²) >= 11 is 0. The molecule has 0 bridgehead atoms. The molecular formula is C14H16N4O2. The Kier molecular flexibility index (Phi) is 2.37. The van der Waals surface area contributed by atoms with Crippen molar-refractivity contribution in [2.75, 3.05) is 18.0 Å². The van der Waals surface area contributed by atoms with Crippen LogP contribution in [0, 0.1) is 10.1 Å². The maximum atomic E-state index is 11.2. The molecule has 1 saturated heterocycles. The molecular weight excluding hydrogens is 256 g/mol. The predicted molar refractivity (Wildman–Crippen MR) is 73.4 cm³/mol. The van der Waals surface area contributed by atoms with E-state index in [0.29, 0.717) is 5.36 Å². The van der Waals surface area contributed by atoms with Gasteiger partial charge < -0.3 is 4.90 Å². The molecule has 104 valence electrons. The first-order valence-electron chi connectivity index (χ1n) is 7.21. The molecule has 1 spiro atoms. The van der Waals surface area contributed by atoms with Crippen LogP contribution in [0.1, 0.15) is 32.1 Å². The third-order valence-electron chi connectivity index (χ3n) is 4.39. The molecule has 3 aliphatic rings. The second-order valence-electron chi connectivity index (χ2n) is 5.81. The highest BCUT2D eigenvalue weighted by Gasteiger charge is 2.36. The SMILES string of the molecule is O=[N+]([O-])c1ccc(N2CC2)c2c1=NC1(CCCCC1)N=2. The number of benzene rings is 1. The summed E-state index contributed by atoms with van der Waals surface area (Å²) in [6.45, 7) is 2.01. The summed E-state index contributed by atoms with van der Waals surface area (Å²) in [4.78, 5) is 22.6. The zero-order valence-corrected chi connectivity index (χ0v) is 11.2. The van der Waals surface area contributed by atoms with E-state index >= 15 is 0 Å². The number of hydrogen-bond donors (Lipinski definition) is 0. The number of fused-ring (bicyclic) bond motifs is 1. The Morgan fingerprint density at radius 1 is 1.10 bits per heavy atom. The van der Waals surface area contributed by atoms with Gasteiger partial charge in [-0.2, -0.15) is 0 Å². The third kappa shape index (κ3) is 1.71. The van der Waals surface area contributed by atoms with E-state index in [1.54, 1.807) is 6.07 Å². The van der Waals surface area contributed by atoms with Gasteiger partial charge >= 0.3 is 0 Å². The quantitative estimate of drug-likeness (QED) is 0.463. The van der Waals surface area contributed by atoms with Crippen LogP contribution in [0.3, 0.4) is 0 Å². The summed E-state index contributed by atoms with van der Waals surface area (Å²) in [7, 11) is 0. The summed E-state index contributed by atoms with van der Waals surface area (Å²) in [5, 5.41) is 12.5. The number of non-ortho nitro benzene ring substituents is 1. The summed E-state index contributed by atoms with van der Waals surface area (Å²) in [6.07, 6.45) is 5.25. The van der Waals surface area contributed by atoms with E-state index in [-0.39, 0.29) is 10.6 Å².